The van der Waals surface area contributed by atoms with Crippen molar-refractivity contribution in [3.8, 4) is 0 Å². The minimum Gasteiger partial charge on any atom is -0.396 e. The van der Waals surface area contributed by atoms with Crippen molar-refractivity contribution in [2.24, 2.45) is 40.4 Å². The fraction of sp³-hybridized carbons (Fsp3) is 0.938. The maximum absolute atomic E-state index is 9.99. The van der Waals surface area contributed by atoms with Crippen molar-refractivity contribution in [1.82, 2.24) is 0 Å². The van der Waals surface area contributed by atoms with E-state index in [2.05, 4.69) is 41.5 Å². The highest BCUT2D eigenvalue weighted by Gasteiger charge is 2.50. The molecule has 0 bridgehead atoms. The first-order valence-electron chi connectivity index (χ1n) is 15.1. The lowest BCUT2D eigenvalue weighted by atomic mass is 9.56. The van der Waals surface area contributed by atoms with Crippen molar-refractivity contribution in [3.63, 3.8) is 0 Å². The highest BCUT2D eigenvalue weighted by molar-refractivity contribution is 5.19. The number of allylic oxidation sites excluding steroid dienone is 1. The number of aliphatic hydroxyl groups is 1. The third-order valence-corrected chi connectivity index (χ3v) is 10.5. The van der Waals surface area contributed by atoms with Gasteiger partial charge in [0.15, 0.2) is 0 Å². The van der Waals surface area contributed by atoms with Crippen LogP contribution in [0.5, 0.6) is 0 Å². The predicted octanol–water partition coefficient (Wildman–Crippen LogP) is 9.98. The normalized spacial score (nSPS) is 37.6. The van der Waals surface area contributed by atoms with Gasteiger partial charge in [0.1, 0.15) is 0 Å². The van der Waals surface area contributed by atoms with Gasteiger partial charge in [-0.25, -0.2) is 0 Å². The maximum Gasteiger partial charge on any atom is 0.0436 e. The lowest BCUT2D eigenvalue weighted by molar-refractivity contribution is 0.0532. The van der Waals surface area contributed by atoms with Crippen LogP contribution >= 0.6 is 0 Å². The molecule has 0 heterocycles. The number of rotatable bonds is 9. The third-order valence-electron chi connectivity index (χ3n) is 10.5. The van der Waals surface area contributed by atoms with E-state index in [1.165, 1.54) is 96.3 Å². The number of fused-ring (bicyclic) bond motifs is 1. The molecular formula is C32H60O. The van der Waals surface area contributed by atoms with Gasteiger partial charge in [-0.05, 0) is 91.8 Å². The predicted molar refractivity (Wildman–Crippen MR) is 146 cm³/mol. The second-order valence-electron chi connectivity index (χ2n) is 12.8. The Morgan fingerprint density at radius 3 is 2.36 bits per heavy atom. The van der Waals surface area contributed by atoms with Gasteiger partial charge in [0.05, 0.1) is 0 Å². The van der Waals surface area contributed by atoms with Crippen molar-refractivity contribution in [3.05, 3.63) is 12.2 Å². The molecule has 33 heavy (non-hydrogen) atoms. The van der Waals surface area contributed by atoms with Crippen molar-refractivity contribution >= 4 is 0 Å². The topological polar surface area (TPSA) is 20.2 Å². The van der Waals surface area contributed by atoms with Crippen LogP contribution in [0, 0.1) is 40.4 Å². The Morgan fingerprint density at radius 2 is 1.70 bits per heavy atom. The average molecular weight is 461 g/mol. The molecule has 0 saturated heterocycles. The summed E-state index contributed by atoms with van der Waals surface area (Å²) in [7, 11) is 0. The number of aliphatic hydroxyl groups excluding tert-OH is 1. The van der Waals surface area contributed by atoms with E-state index < -0.39 is 0 Å². The molecule has 1 nitrogen and oxygen atoms in total. The van der Waals surface area contributed by atoms with E-state index in [1.807, 2.05) is 0 Å². The van der Waals surface area contributed by atoms with Gasteiger partial charge in [0, 0.05) is 6.61 Å². The van der Waals surface area contributed by atoms with E-state index in [9.17, 15) is 5.11 Å². The molecule has 0 aromatic rings. The fourth-order valence-corrected chi connectivity index (χ4v) is 8.33. The highest BCUT2D eigenvalue weighted by Crippen LogP contribution is 2.59. The van der Waals surface area contributed by atoms with Gasteiger partial charge < -0.3 is 5.11 Å². The van der Waals surface area contributed by atoms with Crippen LogP contribution in [-0.4, -0.2) is 11.7 Å². The molecule has 7 unspecified atom stereocenters. The summed E-state index contributed by atoms with van der Waals surface area (Å²) < 4.78 is 0. The molecule has 0 spiro atoms. The highest BCUT2D eigenvalue weighted by atomic mass is 16.3. The third kappa shape index (κ3) is 6.89. The van der Waals surface area contributed by atoms with Crippen molar-refractivity contribution in [2.45, 2.75) is 144 Å². The second kappa shape index (κ2) is 13.7. The first-order chi connectivity index (χ1) is 15.8. The van der Waals surface area contributed by atoms with Gasteiger partial charge in [-0.3, -0.25) is 0 Å². The van der Waals surface area contributed by atoms with Gasteiger partial charge in [-0.1, -0.05) is 105 Å². The zero-order valence-corrected chi connectivity index (χ0v) is 23.6. The summed E-state index contributed by atoms with van der Waals surface area (Å²) in [5.74, 6) is 3.99. The number of hydrogen-bond acceptors (Lipinski definition) is 1. The van der Waals surface area contributed by atoms with Crippen LogP contribution in [0.2, 0.25) is 0 Å². The summed E-state index contributed by atoms with van der Waals surface area (Å²) in [6.45, 7) is 19.3. The minimum absolute atomic E-state index is 0.321. The zero-order valence-electron chi connectivity index (χ0n) is 23.6. The zero-order chi connectivity index (χ0) is 24.5. The molecular weight excluding hydrogens is 400 g/mol. The van der Waals surface area contributed by atoms with Crippen LogP contribution in [0.15, 0.2) is 12.2 Å². The van der Waals surface area contributed by atoms with E-state index in [-0.39, 0.29) is 0 Å². The van der Waals surface area contributed by atoms with Crippen LogP contribution < -0.4 is 0 Å². The van der Waals surface area contributed by atoms with Crippen LogP contribution in [0.4, 0.5) is 0 Å². The molecule has 1 N–H and O–H groups in total. The standard InChI is InChI=1S/C29H52O.C3H8/c1-6-7-9-12-22(2)27-17-16-26(29(27,5)19-20-30)21-24-14-15-25-13-10-8-11-18-28(25,4)23(24)3;1-3-2/h22,24-27,30H,3,6-21H2,1-2,4-5H3;3H2,1-2H3. The molecule has 1 heteroatoms. The lowest BCUT2D eigenvalue weighted by Crippen LogP contribution is -2.39. The van der Waals surface area contributed by atoms with E-state index >= 15 is 0 Å². The lowest BCUT2D eigenvalue weighted by Gasteiger charge is -2.48. The molecule has 3 saturated carbocycles. The molecule has 0 aromatic heterocycles. The van der Waals surface area contributed by atoms with Crippen molar-refractivity contribution in [1.29, 1.82) is 0 Å². The molecule has 3 fully saturated rings. The van der Waals surface area contributed by atoms with Gasteiger partial charge in [0.2, 0.25) is 0 Å². The van der Waals surface area contributed by atoms with Gasteiger partial charge in [-0.2, -0.15) is 0 Å². The fourth-order valence-electron chi connectivity index (χ4n) is 8.33. The van der Waals surface area contributed by atoms with Gasteiger partial charge in [-0.15, -0.1) is 0 Å². The molecule has 3 rings (SSSR count). The summed E-state index contributed by atoms with van der Waals surface area (Å²) in [4.78, 5) is 0. The quantitative estimate of drug-likeness (QED) is 0.268. The van der Waals surface area contributed by atoms with Crippen molar-refractivity contribution in [2.75, 3.05) is 6.61 Å². The Morgan fingerprint density at radius 1 is 0.970 bits per heavy atom. The summed E-state index contributed by atoms with van der Waals surface area (Å²) in [6.07, 6.45) is 21.7. The Kier molecular flexibility index (Phi) is 12.0. The van der Waals surface area contributed by atoms with E-state index in [4.69, 9.17) is 6.58 Å². The Balaban J connectivity index is 0.00000122. The Bertz CT molecular complexity index is 567. The van der Waals surface area contributed by atoms with Crippen LogP contribution in [0.3, 0.4) is 0 Å². The summed E-state index contributed by atoms with van der Waals surface area (Å²) in [5, 5.41) is 9.99. The number of hydrogen-bond donors (Lipinski definition) is 1. The van der Waals surface area contributed by atoms with Crippen LogP contribution in [0.1, 0.15) is 144 Å². The molecule has 0 amide bonds. The molecule has 7 atom stereocenters. The average Bonchev–Trinajstić information content (AvgIpc) is 2.95. The molecule has 0 aliphatic heterocycles. The summed E-state index contributed by atoms with van der Waals surface area (Å²) in [5.41, 5.74) is 2.34. The van der Waals surface area contributed by atoms with Crippen molar-refractivity contribution < 1.29 is 5.11 Å². The molecule has 3 aliphatic rings. The van der Waals surface area contributed by atoms with E-state index in [0.29, 0.717) is 17.4 Å². The SMILES string of the molecule is C=C1C(CC2CCC(C(C)CCCCC)C2(C)CCO)CCC2CCCCCC12C.CCC. The van der Waals surface area contributed by atoms with Gasteiger partial charge in [0.25, 0.3) is 0 Å². The molecule has 3 aliphatic carbocycles. The van der Waals surface area contributed by atoms with E-state index in [0.717, 1.165) is 36.0 Å². The second-order valence-corrected chi connectivity index (χ2v) is 12.8. The molecule has 0 radical (unpaired) electrons. The monoisotopic (exact) mass is 460 g/mol. The van der Waals surface area contributed by atoms with Gasteiger partial charge >= 0.3 is 0 Å². The number of unbranched alkanes of at least 4 members (excludes halogenated alkanes) is 2. The Hall–Kier alpha value is -0.300. The maximum atomic E-state index is 9.99. The summed E-state index contributed by atoms with van der Waals surface area (Å²) >= 11 is 0. The summed E-state index contributed by atoms with van der Waals surface area (Å²) in [6, 6.07) is 0. The first kappa shape index (κ1) is 28.9. The largest absolute Gasteiger partial charge is 0.396 e. The first-order valence-corrected chi connectivity index (χ1v) is 15.1. The van der Waals surface area contributed by atoms with Crippen LogP contribution in [0.25, 0.3) is 0 Å². The Labute approximate surface area is 208 Å². The minimum atomic E-state index is 0.321. The molecule has 194 valence electrons. The molecule has 0 aromatic carbocycles. The van der Waals surface area contributed by atoms with Crippen LogP contribution in [-0.2, 0) is 0 Å². The smallest absolute Gasteiger partial charge is 0.0436 e. The van der Waals surface area contributed by atoms with E-state index in [1.54, 1.807) is 5.57 Å².